The fraction of sp³-hybridized carbons (Fsp3) is 0.396. The van der Waals surface area contributed by atoms with E-state index in [1.807, 2.05) is 0 Å². The van der Waals surface area contributed by atoms with Crippen molar-refractivity contribution < 1.29 is 72.5 Å². The number of hydrogen-bond donors (Lipinski definition) is 4. The maximum absolute atomic E-state index is 15.9. The molecule has 362 valence electrons. The number of rotatable bonds is 12. The average Bonchev–Trinajstić information content (AvgIpc) is 3.34. The van der Waals surface area contributed by atoms with Gasteiger partial charge >= 0.3 is 24.1 Å². The summed E-state index contributed by atoms with van der Waals surface area (Å²) in [6.07, 6.45) is -12.3. The van der Waals surface area contributed by atoms with Gasteiger partial charge in [0.05, 0.1) is 35.6 Å². The molecule has 69 heavy (non-hydrogen) atoms. The highest BCUT2D eigenvalue weighted by Gasteiger charge is 2.78. The SMILES string of the molecule is CC(=O)O[C@@]12CO[C@@H]1C[C@H](O)[C@@]1(C)C(=O)[C@H](OC(=O)OCc3ccccc3)C3=C(C)[C@@H](OC(=O)[C@H](O)[C@@H](NC(=O)c4ccccc4)c4ccccc4)C[C@@](O)([C@@H](OC(=O)c4ccccc4)[C@H]21)C3(C)C. The first-order valence-corrected chi connectivity index (χ1v) is 22.7. The van der Waals surface area contributed by atoms with Crippen molar-refractivity contribution in [3.63, 3.8) is 0 Å². The lowest BCUT2D eigenvalue weighted by Gasteiger charge is -2.67. The number of carbonyl (C=O) groups is 6. The van der Waals surface area contributed by atoms with Crippen molar-refractivity contribution in [2.45, 2.75) is 108 Å². The number of hydrogen-bond acceptors (Lipinski definition) is 15. The Morgan fingerprint density at radius 1 is 0.812 bits per heavy atom. The van der Waals surface area contributed by atoms with Crippen LogP contribution in [-0.4, -0.2) is 106 Å². The van der Waals surface area contributed by atoms with Gasteiger partial charge in [-0.25, -0.2) is 14.4 Å². The third-order valence-corrected chi connectivity index (χ3v) is 14.6. The van der Waals surface area contributed by atoms with Crippen LogP contribution in [0.25, 0.3) is 0 Å². The molecule has 3 fully saturated rings. The van der Waals surface area contributed by atoms with Gasteiger partial charge in [-0.1, -0.05) is 111 Å². The molecule has 4 aromatic carbocycles. The summed E-state index contributed by atoms with van der Waals surface area (Å²) in [5.41, 5.74) is -6.92. The van der Waals surface area contributed by atoms with Gasteiger partial charge in [-0.2, -0.15) is 0 Å². The monoisotopic (exact) mass is 945 g/mol. The Kier molecular flexibility index (Phi) is 13.4. The van der Waals surface area contributed by atoms with Crippen molar-refractivity contribution in [3.05, 3.63) is 155 Å². The zero-order valence-electron chi connectivity index (χ0n) is 38.7. The molecule has 0 spiro atoms. The lowest BCUT2D eigenvalue weighted by molar-refractivity contribution is -0.346. The number of amides is 1. The van der Waals surface area contributed by atoms with Gasteiger partial charge in [0.2, 0.25) is 0 Å². The van der Waals surface area contributed by atoms with Crippen molar-refractivity contribution >= 4 is 35.8 Å². The molecule has 0 radical (unpaired) electrons. The first-order chi connectivity index (χ1) is 32.8. The summed E-state index contributed by atoms with van der Waals surface area (Å²) in [5, 5.41) is 40.8. The van der Waals surface area contributed by atoms with Crippen LogP contribution in [-0.2, 0) is 49.4 Å². The van der Waals surface area contributed by atoms with Crippen LogP contribution in [0.2, 0.25) is 0 Å². The molecule has 2 bridgehead atoms. The molecule has 1 aliphatic heterocycles. The molecule has 8 rings (SSSR count). The van der Waals surface area contributed by atoms with E-state index in [4.69, 9.17) is 28.4 Å². The Morgan fingerprint density at radius 3 is 1.97 bits per heavy atom. The molecule has 16 nitrogen and oxygen atoms in total. The molecule has 3 aliphatic carbocycles. The van der Waals surface area contributed by atoms with Gasteiger partial charge in [0, 0.05) is 30.7 Å². The van der Waals surface area contributed by atoms with Crippen LogP contribution < -0.4 is 5.32 Å². The van der Waals surface area contributed by atoms with Gasteiger partial charge in [0.15, 0.2) is 23.6 Å². The number of aliphatic hydroxyl groups is 3. The molecule has 0 aromatic heterocycles. The zero-order valence-corrected chi connectivity index (χ0v) is 38.7. The third-order valence-electron chi connectivity index (χ3n) is 14.6. The fourth-order valence-corrected chi connectivity index (χ4v) is 10.9. The average molecular weight is 946 g/mol. The molecule has 11 atom stereocenters. The molecule has 1 amide bonds. The van der Waals surface area contributed by atoms with Crippen molar-refractivity contribution in [2.24, 2.45) is 16.7 Å². The number of aliphatic hydroxyl groups excluding tert-OH is 2. The van der Waals surface area contributed by atoms with Gasteiger partial charge in [0.25, 0.3) is 5.91 Å². The third kappa shape index (κ3) is 8.71. The molecule has 1 saturated heterocycles. The second-order valence-corrected chi connectivity index (χ2v) is 18.9. The number of ketones is 1. The van der Waals surface area contributed by atoms with Gasteiger partial charge in [-0.05, 0) is 60.4 Å². The summed E-state index contributed by atoms with van der Waals surface area (Å²) in [6.45, 7) is 6.51. The number of Topliss-reactive ketones (excluding diaryl/α,β-unsaturated/α-hetero) is 1. The van der Waals surface area contributed by atoms with E-state index in [2.05, 4.69) is 5.32 Å². The first kappa shape index (κ1) is 48.7. The zero-order chi connectivity index (χ0) is 49.5. The highest BCUT2D eigenvalue weighted by atomic mass is 16.7. The number of esters is 3. The molecule has 4 N–H and O–H groups in total. The standard InChI is InChI=1S/C53H55NO15/c1-30-36(66-48(61)41(57)40(33-20-12-7-13-21-33)54-46(59)34-22-14-8-15-23-34)27-53(63)45(68-47(60)35-24-16-9-17-25-35)43-51(5,37(56)26-38-52(43,29-65-38)69-31(2)55)44(58)42(39(30)50(53,3)4)67-49(62)64-28-32-18-10-6-11-19-32/h6-25,36-38,40-43,45,56-57,63H,26-29H2,1-5H3,(H,54,59)/t36-,37-,38+,40-,41+,42+,43-,45-,51+,52-,53+/m0/s1. The number of ether oxygens (including phenoxy) is 6. The van der Waals surface area contributed by atoms with E-state index in [1.165, 1.54) is 26.0 Å². The van der Waals surface area contributed by atoms with Crippen molar-refractivity contribution in [1.29, 1.82) is 0 Å². The van der Waals surface area contributed by atoms with Crippen LogP contribution in [0.1, 0.15) is 85.3 Å². The van der Waals surface area contributed by atoms with E-state index in [9.17, 15) is 39.3 Å². The lowest BCUT2D eigenvalue weighted by Crippen LogP contribution is -2.82. The van der Waals surface area contributed by atoms with E-state index < -0.39 is 113 Å². The second kappa shape index (κ2) is 19.0. The minimum Gasteiger partial charge on any atom is -0.456 e. The minimum absolute atomic E-state index is 0.0500. The van der Waals surface area contributed by atoms with Crippen molar-refractivity contribution in [2.75, 3.05) is 6.61 Å². The van der Waals surface area contributed by atoms with Crippen LogP contribution in [0, 0.1) is 16.7 Å². The number of benzene rings is 4. The quantitative estimate of drug-likeness (QED) is 0.0778. The highest BCUT2D eigenvalue weighted by Crippen LogP contribution is 2.64. The van der Waals surface area contributed by atoms with E-state index in [0.29, 0.717) is 11.1 Å². The molecule has 16 heteroatoms. The molecule has 1 heterocycles. The molecular formula is C53H55NO15. The molecular weight excluding hydrogens is 891 g/mol. The molecule has 0 unspecified atom stereocenters. The largest absolute Gasteiger partial charge is 0.509 e. The summed E-state index contributed by atoms with van der Waals surface area (Å²) in [5.74, 6) is -6.18. The van der Waals surface area contributed by atoms with Gasteiger partial charge < -0.3 is 49.1 Å². The second-order valence-electron chi connectivity index (χ2n) is 18.9. The Hall–Kier alpha value is -6.72. The van der Waals surface area contributed by atoms with Gasteiger partial charge in [-0.15, -0.1) is 0 Å². The molecule has 4 aliphatic rings. The van der Waals surface area contributed by atoms with Crippen LogP contribution >= 0.6 is 0 Å². The number of fused-ring (bicyclic) bond motifs is 5. The summed E-state index contributed by atoms with van der Waals surface area (Å²) in [7, 11) is 0. The van der Waals surface area contributed by atoms with Crippen LogP contribution in [0.4, 0.5) is 4.79 Å². The molecule has 4 aromatic rings. The lowest BCUT2D eigenvalue weighted by atomic mass is 9.44. The van der Waals surface area contributed by atoms with Crippen LogP contribution in [0.5, 0.6) is 0 Å². The summed E-state index contributed by atoms with van der Waals surface area (Å²) in [6, 6.07) is 31.5. The Balaban J connectivity index is 1.28. The smallest absolute Gasteiger partial charge is 0.456 e. The van der Waals surface area contributed by atoms with Gasteiger partial charge in [-0.3, -0.25) is 14.4 Å². The number of nitrogens with one attached hydrogen (secondary N) is 1. The maximum atomic E-state index is 15.9. The van der Waals surface area contributed by atoms with E-state index in [0.717, 1.165) is 6.92 Å². The van der Waals surface area contributed by atoms with Crippen LogP contribution in [0.3, 0.4) is 0 Å². The highest BCUT2D eigenvalue weighted by molar-refractivity contribution is 5.96. The summed E-state index contributed by atoms with van der Waals surface area (Å²) in [4.78, 5) is 85.5. The van der Waals surface area contributed by atoms with E-state index >= 15 is 4.79 Å². The summed E-state index contributed by atoms with van der Waals surface area (Å²) < 4.78 is 36.3. The molecule has 2 saturated carbocycles. The summed E-state index contributed by atoms with van der Waals surface area (Å²) >= 11 is 0. The fourth-order valence-electron chi connectivity index (χ4n) is 10.9. The van der Waals surface area contributed by atoms with Crippen molar-refractivity contribution in [1.82, 2.24) is 5.32 Å². The first-order valence-electron chi connectivity index (χ1n) is 22.7. The van der Waals surface area contributed by atoms with E-state index in [-0.39, 0.29) is 41.9 Å². The maximum Gasteiger partial charge on any atom is 0.509 e. The Labute approximate surface area is 398 Å². The Bertz CT molecular complexity index is 2620. The normalized spacial score (nSPS) is 29.7. The van der Waals surface area contributed by atoms with Gasteiger partial charge in [0.1, 0.15) is 30.5 Å². The minimum atomic E-state index is -2.46. The van der Waals surface area contributed by atoms with Crippen LogP contribution in [0.15, 0.2) is 132 Å². The topological polar surface area (TPSA) is 231 Å². The van der Waals surface area contributed by atoms with E-state index in [1.54, 1.807) is 123 Å². The number of carbonyl (C=O) groups excluding carboxylic acids is 6. The van der Waals surface area contributed by atoms with Crippen molar-refractivity contribution in [3.8, 4) is 0 Å². The predicted octanol–water partition coefficient (Wildman–Crippen LogP) is 5.53. The Morgan fingerprint density at radius 2 is 1.39 bits per heavy atom. The predicted molar refractivity (Wildman–Crippen MR) is 244 cm³/mol.